The second kappa shape index (κ2) is 6.48. The molecule has 3 rings (SSSR count). The van der Waals surface area contributed by atoms with Crippen molar-refractivity contribution in [3.05, 3.63) is 72.0 Å². The van der Waals surface area contributed by atoms with Crippen molar-refractivity contribution in [2.24, 2.45) is 0 Å². The zero-order valence-electron chi connectivity index (χ0n) is 13.0. The molecule has 23 heavy (non-hydrogen) atoms. The molecule has 0 fully saturated rings. The summed E-state index contributed by atoms with van der Waals surface area (Å²) in [6.07, 6.45) is 6.65. The van der Waals surface area contributed by atoms with Gasteiger partial charge in [-0.3, -0.25) is 0 Å². The van der Waals surface area contributed by atoms with Crippen molar-refractivity contribution in [1.82, 2.24) is 0 Å². The van der Waals surface area contributed by atoms with E-state index >= 15 is 0 Å². The van der Waals surface area contributed by atoms with Gasteiger partial charge in [-0.05, 0) is 42.8 Å². The predicted molar refractivity (Wildman–Crippen MR) is 93.3 cm³/mol. The number of nitrogen functional groups attached to an aromatic ring is 2. The molecule has 1 atom stereocenters. The Hall–Kier alpha value is -2.88. The number of ether oxygens (including phenoxy) is 2. The van der Waals surface area contributed by atoms with Crippen molar-refractivity contribution >= 4 is 11.4 Å². The molecule has 2 aromatic rings. The Morgan fingerprint density at radius 3 is 2.70 bits per heavy atom. The average molecular weight is 308 g/mol. The summed E-state index contributed by atoms with van der Waals surface area (Å²) in [6, 6.07) is 13.0. The molecular formula is C19H20N2O2. The molecule has 1 aliphatic rings. The van der Waals surface area contributed by atoms with E-state index in [1.54, 1.807) is 0 Å². The normalized spacial score (nSPS) is 16.7. The smallest absolute Gasteiger partial charge is 0.132 e. The van der Waals surface area contributed by atoms with E-state index in [9.17, 15) is 0 Å². The maximum atomic E-state index is 5.95. The van der Waals surface area contributed by atoms with Crippen molar-refractivity contribution in [2.75, 3.05) is 11.5 Å². The van der Waals surface area contributed by atoms with E-state index in [0.717, 1.165) is 29.2 Å². The number of anilines is 2. The molecule has 1 aliphatic carbocycles. The summed E-state index contributed by atoms with van der Waals surface area (Å²) in [7, 11) is 0. The van der Waals surface area contributed by atoms with Crippen LogP contribution in [-0.2, 0) is 0 Å². The Labute approximate surface area is 136 Å². The van der Waals surface area contributed by atoms with Crippen LogP contribution in [0, 0.1) is 6.92 Å². The lowest BCUT2D eigenvalue weighted by molar-refractivity contribution is 0.245. The quantitative estimate of drug-likeness (QED) is 0.842. The van der Waals surface area contributed by atoms with Gasteiger partial charge in [0.1, 0.15) is 23.4 Å². The first-order chi connectivity index (χ1) is 11.1. The topological polar surface area (TPSA) is 70.5 Å². The minimum atomic E-state index is -0.0850. The van der Waals surface area contributed by atoms with Crippen LogP contribution in [0.4, 0.5) is 11.4 Å². The van der Waals surface area contributed by atoms with Crippen LogP contribution in [0.25, 0.3) is 0 Å². The van der Waals surface area contributed by atoms with E-state index in [2.05, 4.69) is 0 Å². The number of hydrogen-bond donors (Lipinski definition) is 2. The summed E-state index contributed by atoms with van der Waals surface area (Å²) in [5.74, 6) is 2.25. The van der Waals surface area contributed by atoms with Gasteiger partial charge < -0.3 is 20.9 Å². The zero-order chi connectivity index (χ0) is 16.2. The van der Waals surface area contributed by atoms with E-state index in [1.807, 2.05) is 67.6 Å². The summed E-state index contributed by atoms with van der Waals surface area (Å²) in [6.45, 7) is 1.99. The monoisotopic (exact) mass is 308 g/mol. The molecule has 0 radical (unpaired) electrons. The van der Waals surface area contributed by atoms with Crippen LogP contribution >= 0.6 is 0 Å². The van der Waals surface area contributed by atoms with E-state index in [4.69, 9.17) is 20.9 Å². The molecule has 0 heterocycles. The van der Waals surface area contributed by atoms with Gasteiger partial charge in [-0.15, -0.1) is 0 Å². The SMILES string of the molecule is Cc1ccc(N)cc1OC1=C[C@H](Oc2cccc(N)c2)CC=C1. The summed E-state index contributed by atoms with van der Waals surface area (Å²) in [4.78, 5) is 0. The summed E-state index contributed by atoms with van der Waals surface area (Å²) in [5, 5.41) is 0. The molecule has 0 aromatic heterocycles. The molecule has 0 amide bonds. The second-order valence-electron chi connectivity index (χ2n) is 5.56. The minimum Gasteiger partial charge on any atom is -0.486 e. The van der Waals surface area contributed by atoms with E-state index < -0.39 is 0 Å². The van der Waals surface area contributed by atoms with Gasteiger partial charge in [-0.1, -0.05) is 18.2 Å². The third kappa shape index (κ3) is 3.86. The van der Waals surface area contributed by atoms with Gasteiger partial charge in [0.2, 0.25) is 0 Å². The standard InChI is InChI=1S/C19H20N2O2/c1-13-8-9-15(21)11-19(13)23-18-7-3-6-17(12-18)22-16-5-2-4-14(20)10-16/h2-5,7-12,17H,6,20-21H2,1H3/t17-/m1/s1. The van der Waals surface area contributed by atoms with Crippen LogP contribution in [-0.4, -0.2) is 6.10 Å². The third-order valence-corrected chi connectivity index (χ3v) is 3.59. The van der Waals surface area contributed by atoms with E-state index in [0.29, 0.717) is 11.4 Å². The van der Waals surface area contributed by atoms with Crippen molar-refractivity contribution in [3.63, 3.8) is 0 Å². The van der Waals surface area contributed by atoms with Gasteiger partial charge >= 0.3 is 0 Å². The largest absolute Gasteiger partial charge is 0.486 e. The third-order valence-electron chi connectivity index (χ3n) is 3.59. The van der Waals surface area contributed by atoms with Gasteiger partial charge in [0.25, 0.3) is 0 Å². The fourth-order valence-corrected chi connectivity index (χ4v) is 2.39. The number of benzene rings is 2. The van der Waals surface area contributed by atoms with E-state index in [-0.39, 0.29) is 6.10 Å². The first kappa shape index (κ1) is 15.0. The molecule has 4 heteroatoms. The van der Waals surface area contributed by atoms with Crippen molar-refractivity contribution in [3.8, 4) is 11.5 Å². The van der Waals surface area contributed by atoms with Gasteiger partial charge in [0.15, 0.2) is 0 Å². The maximum absolute atomic E-state index is 5.95. The minimum absolute atomic E-state index is 0.0850. The summed E-state index contributed by atoms with van der Waals surface area (Å²) < 4.78 is 11.9. The highest BCUT2D eigenvalue weighted by Gasteiger charge is 2.13. The van der Waals surface area contributed by atoms with E-state index in [1.165, 1.54) is 0 Å². The molecule has 4 nitrogen and oxygen atoms in total. The second-order valence-corrected chi connectivity index (χ2v) is 5.56. The zero-order valence-corrected chi connectivity index (χ0v) is 13.0. The average Bonchev–Trinajstić information content (AvgIpc) is 2.51. The lowest BCUT2D eigenvalue weighted by Crippen LogP contribution is -2.17. The molecule has 0 unspecified atom stereocenters. The van der Waals surface area contributed by atoms with Crippen molar-refractivity contribution < 1.29 is 9.47 Å². The Morgan fingerprint density at radius 2 is 1.87 bits per heavy atom. The Bertz CT molecular complexity index is 766. The fourth-order valence-electron chi connectivity index (χ4n) is 2.39. The summed E-state index contributed by atoms with van der Waals surface area (Å²) in [5.41, 5.74) is 14.0. The first-order valence-corrected chi connectivity index (χ1v) is 7.55. The van der Waals surface area contributed by atoms with Crippen LogP contribution in [0.3, 0.4) is 0 Å². The predicted octanol–water partition coefficient (Wildman–Crippen LogP) is 3.83. The number of aryl methyl sites for hydroxylation is 1. The van der Waals surface area contributed by atoms with Gasteiger partial charge in [0, 0.05) is 29.9 Å². The molecule has 2 aromatic carbocycles. The molecule has 118 valence electrons. The number of allylic oxidation sites excluding steroid dienone is 1. The van der Waals surface area contributed by atoms with Crippen LogP contribution < -0.4 is 20.9 Å². The highest BCUT2D eigenvalue weighted by Crippen LogP contribution is 2.26. The Morgan fingerprint density at radius 1 is 1.04 bits per heavy atom. The molecule has 0 saturated heterocycles. The van der Waals surface area contributed by atoms with Gasteiger partial charge in [-0.25, -0.2) is 0 Å². The van der Waals surface area contributed by atoms with Crippen molar-refractivity contribution in [1.29, 1.82) is 0 Å². The van der Waals surface area contributed by atoms with Crippen LogP contribution in [0.2, 0.25) is 0 Å². The molecule has 0 bridgehead atoms. The summed E-state index contributed by atoms with van der Waals surface area (Å²) >= 11 is 0. The molecule has 0 saturated carbocycles. The number of rotatable bonds is 4. The first-order valence-electron chi connectivity index (χ1n) is 7.55. The van der Waals surface area contributed by atoms with Crippen LogP contribution in [0.1, 0.15) is 12.0 Å². The maximum Gasteiger partial charge on any atom is 0.132 e. The van der Waals surface area contributed by atoms with Gasteiger partial charge in [-0.2, -0.15) is 0 Å². The fraction of sp³-hybridized carbons (Fsp3) is 0.158. The molecule has 0 aliphatic heterocycles. The molecular weight excluding hydrogens is 288 g/mol. The van der Waals surface area contributed by atoms with Crippen molar-refractivity contribution in [2.45, 2.75) is 19.4 Å². The Balaban J connectivity index is 1.73. The lowest BCUT2D eigenvalue weighted by atomic mass is 10.1. The highest BCUT2D eigenvalue weighted by atomic mass is 16.5. The number of hydrogen-bond acceptors (Lipinski definition) is 4. The molecule has 0 spiro atoms. The Kier molecular flexibility index (Phi) is 4.24. The lowest BCUT2D eigenvalue weighted by Gasteiger charge is -2.19. The molecule has 4 N–H and O–H groups in total. The van der Waals surface area contributed by atoms with Crippen LogP contribution in [0.15, 0.2) is 66.5 Å². The highest BCUT2D eigenvalue weighted by molar-refractivity contribution is 5.49. The number of nitrogens with two attached hydrogens (primary N) is 2. The van der Waals surface area contributed by atoms with Gasteiger partial charge in [0.05, 0.1) is 0 Å². The van der Waals surface area contributed by atoms with Crippen LogP contribution in [0.5, 0.6) is 11.5 Å².